The van der Waals surface area contributed by atoms with Crippen LogP contribution in [0.1, 0.15) is 48.1 Å². The molecule has 2 aliphatic rings. The molecule has 1 fully saturated rings. The Bertz CT molecular complexity index is 1170. The molecule has 168 valence electrons. The molecule has 4 rings (SSSR count). The summed E-state index contributed by atoms with van der Waals surface area (Å²) in [5, 5.41) is 13.6. The van der Waals surface area contributed by atoms with Crippen molar-refractivity contribution in [3.8, 4) is 5.75 Å². The fourth-order valence-corrected chi connectivity index (χ4v) is 4.61. The predicted molar refractivity (Wildman–Crippen MR) is 123 cm³/mol. The number of hydrogen-bond donors (Lipinski definition) is 3. The van der Waals surface area contributed by atoms with E-state index >= 15 is 0 Å². The van der Waals surface area contributed by atoms with Gasteiger partial charge in [0.15, 0.2) is 17.4 Å². The first-order valence-corrected chi connectivity index (χ1v) is 12.0. The van der Waals surface area contributed by atoms with Crippen molar-refractivity contribution in [2.75, 3.05) is 18.4 Å². The summed E-state index contributed by atoms with van der Waals surface area (Å²) in [6.07, 6.45) is 2.52. The standard InChI is InChI=1S/C22H25N5O4S/c1-2-17(15-9-4-3-5-10-15)23-20-21(26-32(30,31)25-20)24-18-12-8-11-16(19(18)28)22(29)27-13-6-7-14-27/h3-5,8-12,17,28H,2,6-7,13-14H2,1H3,(H,23,25)(H,24,26)/t17-/m1/s1. The largest absolute Gasteiger partial charge is 0.505 e. The summed E-state index contributed by atoms with van der Waals surface area (Å²) in [6, 6.07) is 14.0. The van der Waals surface area contributed by atoms with Gasteiger partial charge in [0.1, 0.15) is 0 Å². The number of likely N-dealkylation sites (tertiary alicyclic amines) is 1. The highest BCUT2D eigenvalue weighted by Gasteiger charge is 2.29. The second-order valence-electron chi connectivity index (χ2n) is 7.66. The zero-order valence-corrected chi connectivity index (χ0v) is 18.5. The average Bonchev–Trinajstić information content (AvgIpc) is 3.41. The number of para-hydroxylation sites is 1. The van der Waals surface area contributed by atoms with Gasteiger partial charge < -0.3 is 15.3 Å². The number of carbonyl (C=O) groups excluding carboxylic acids is 1. The molecule has 1 saturated heterocycles. The number of phenols is 1. The van der Waals surface area contributed by atoms with E-state index in [1.165, 1.54) is 0 Å². The van der Waals surface area contributed by atoms with Crippen molar-refractivity contribution >= 4 is 33.5 Å². The second-order valence-corrected chi connectivity index (χ2v) is 8.99. The highest BCUT2D eigenvalue weighted by Crippen LogP contribution is 2.30. The van der Waals surface area contributed by atoms with Gasteiger partial charge in [-0.05, 0) is 37.0 Å². The fourth-order valence-electron chi connectivity index (χ4n) is 3.79. The average molecular weight is 456 g/mol. The van der Waals surface area contributed by atoms with Crippen molar-refractivity contribution in [2.24, 2.45) is 9.39 Å². The molecule has 0 radical (unpaired) electrons. The molecule has 1 amide bonds. The van der Waals surface area contributed by atoms with Crippen LogP contribution in [0.5, 0.6) is 5.75 Å². The van der Waals surface area contributed by atoms with Crippen LogP contribution in [0.3, 0.4) is 0 Å². The van der Waals surface area contributed by atoms with E-state index < -0.39 is 10.2 Å². The molecule has 2 aromatic carbocycles. The molecule has 32 heavy (non-hydrogen) atoms. The Balaban J connectivity index is 1.63. The number of aliphatic imine (C=N–C) groups is 1. The molecule has 9 nitrogen and oxygen atoms in total. The summed E-state index contributed by atoms with van der Waals surface area (Å²) < 4.78 is 30.3. The van der Waals surface area contributed by atoms with E-state index in [0.717, 1.165) is 18.4 Å². The van der Waals surface area contributed by atoms with Crippen molar-refractivity contribution < 1.29 is 18.3 Å². The van der Waals surface area contributed by atoms with E-state index in [4.69, 9.17) is 0 Å². The van der Waals surface area contributed by atoms with Gasteiger partial charge in [0, 0.05) is 13.1 Å². The summed E-state index contributed by atoms with van der Waals surface area (Å²) in [4.78, 5) is 19.0. The molecule has 0 saturated carbocycles. The Morgan fingerprint density at radius 1 is 1.19 bits per heavy atom. The maximum absolute atomic E-state index is 12.7. The number of phenolic OH excluding ortho intramolecular Hbond substituents is 1. The lowest BCUT2D eigenvalue weighted by atomic mass is 10.1. The number of anilines is 1. The van der Waals surface area contributed by atoms with Crippen LogP contribution in [0.4, 0.5) is 5.69 Å². The molecule has 0 bridgehead atoms. The minimum atomic E-state index is -3.97. The van der Waals surface area contributed by atoms with Crippen LogP contribution in [0.2, 0.25) is 0 Å². The van der Waals surface area contributed by atoms with Gasteiger partial charge >= 0.3 is 10.2 Å². The molecule has 2 aliphatic heterocycles. The van der Waals surface area contributed by atoms with Crippen molar-refractivity contribution in [2.45, 2.75) is 32.2 Å². The summed E-state index contributed by atoms with van der Waals surface area (Å²) in [5.41, 5.74) is 1.27. The summed E-state index contributed by atoms with van der Waals surface area (Å²) in [7, 11) is -3.97. The molecule has 0 aromatic heterocycles. The maximum atomic E-state index is 12.7. The first-order valence-electron chi connectivity index (χ1n) is 10.5. The van der Waals surface area contributed by atoms with Crippen LogP contribution in [-0.4, -0.2) is 49.1 Å². The fraction of sp³-hybridized carbons (Fsp3) is 0.318. The monoisotopic (exact) mass is 455 g/mol. The first kappa shape index (κ1) is 21.8. The number of nitrogens with one attached hydrogen (secondary N) is 2. The van der Waals surface area contributed by atoms with E-state index in [0.29, 0.717) is 19.5 Å². The minimum absolute atomic E-state index is 0.0412. The first-order chi connectivity index (χ1) is 15.4. The molecule has 2 heterocycles. The van der Waals surface area contributed by atoms with Crippen molar-refractivity contribution in [1.29, 1.82) is 0 Å². The highest BCUT2D eigenvalue weighted by molar-refractivity contribution is 7.89. The quantitative estimate of drug-likeness (QED) is 0.598. The number of rotatable bonds is 5. The summed E-state index contributed by atoms with van der Waals surface area (Å²) in [5.74, 6) is -0.505. The van der Waals surface area contributed by atoms with Crippen LogP contribution in [0.15, 0.2) is 57.9 Å². The Morgan fingerprint density at radius 3 is 2.59 bits per heavy atom. The van der Waals surface area contributed by atoms with E-state index in [-0.39, 0.29) is 40.6 Å². The molecule has 1 atom stereocenters. The maximum Gasteiger partial charge on any atom is 0.345 e. The van der Waals surface area contributed by atoms with E-state index in [2.05, 4.69) is 19.4 Å². The van der Waals surface area contributed by atoms with E-state index in [1.807, 2.05) is 37.3 Å². The number of aromatic hydroxyl groups is 1. The zero-order chi connectivity index (χ0) is 22.7. The number of hydrogen-bond acceptors (Lipinski definition) is 6. The number of amidine groups is 2. The van der Waals surface area contributed by atoms with Crippen molar-refractivity contribution in [3.05, 3.63) is 59.7 Å². The van der Waals surface area contributed by atoms with Crippen LogP contribution in [0, 0.1) is 0 Å². The van der Waals surface area contributed by atoms with Gasteiger partial charge in [-0.1, -0.05) is 43.3 Å². The molecular weight excluding hydrogens is 430 g/mol. The lowest BCUT2D eigenvalue weighted by molar-refractivity contribution is 0.0790. The van der Waals surface area contributed by atoms with Gasteiger partial charge in [0.25, 0.3) is 5.91 Å². The Kier molecular flexibility index (Phi) is 6.13. The molecule has 10 heteroatoms. The Labute approximate surface area is 187 Å². The lowest BCUT2D eigenvalue weighted by Crippen LogP contribution is -2.31. The summed E-state index contributed by atoms with van der Waals surface area (Å²) in [6.45, 7) is 3.26. The van der Waals surface area contributed by atoms with Gasteiger partial charge in [-0.25, -0.2) is 4.72 Å². The van der Waals surface area contributed by atoms with Gasteiger partial charge in [-0.15, -0.1) is 4.40 Å². The normalized spacial score (nSPS) is 19.5. The predicted octanol–water partition coefficient (Wildman–Crippen LogP) is 2.84. The zero-order valence-electron chi connectivity index (χ0n) is 17.7. The van der Waals surface area contributed by atoms with Crippen LogP contribution >= 0.6 is 0 Å². The van der Waals surface area contributed by atoms with Crippen molar-refractivity contribution in [3.63, 3.8) is 0 Å². The Morgan fingerprint density at radius 2 is 1.91 bits per heavy atom. The Hall–Kier alpha value is -3.40. The van der Waals surface area contributed by atoms with Gasteiger partial charge in [0.2, 0.25) is 0 Å². The topological polar surface area (TPSA) is 123 Å². The molecule has 3 N–H and O–H groups in total. The highest BCUT2D eigenvalue weighted by atomic mass is 32.2. The van der Waals surface area contributed by atoms with Gasteiger partial charge in [-0.3, -0.25) is 9.79 Å². The minimum Gasteiger partial charge on any atom is -0.505 e. The van der Waals surface area contributed by atoms with Gasteiger partial charge in [-0.2, -0.15) is 8.42 Å². The molecule has 0 aliphatic carbocycles. The number of nitrogens with zero attached hydrogens (tertiary/aromatic N) is 3. The lowest BCUT2D eigenvalue weighted by Gasteiger charge is -2.17. The number of amides is 1. The summed E-state index contributed by atoms with van der Waals surface area (Å²) >= 11 is 0. The SMILES string of the molecule is CC[C@@H](N=C1NS(=O)(=O)N=C1Nc1cccc(C(=O)N2CCCC2)c1O)c1ccccc1. The van der Waals surface area contributed by atoms with Crippen LogP contribution < -0.4 is 10.0 Å². The van der Waals surface area contributed by atoms with E-state index in [1.54, 1.807) is 23.1 Å². The number of carbonyl (C=O) groups is 1. The van der Waals surface area contributed by atoms with Crippen LogP contribution in [-0.2, 0) is 10.2 Å². The molecule has 2 aromatic rings. The number of benzene rings is 2. The molecule has 0 unspecified atom stereocenters. The van der Waals surface area contributed by atoms with Crippen LogP contribution in [0.25, 0.3) is 0 Å². The van der Waals surface area contributed by atoms with Crippen molar-refractivity contribution in [1.82, 2.24) is 9.62 Å². The van der Waals surface area contributed by atoms with Gasteiger partial charge in [0.05, 0.1) is 17.3 Å². The third-order valence-electron chi connectivity index (χ3n) is 5.43. The molecule has 0 spiro atoms. The third kappa shape index (κ3) is 4.59. The third-order valence-corrected chi connectivity index (χ3v) is 6.30. The smallest absolute Gasteiger partial charge is 0.345 e. The second kappa shape index (κ2) is 8.99. The van der Waals surface area contributed by atoms with E-state index in [9.17, 15) is 18.3 Å². The molecular formula is C22H25N5O4S.